The van der Waals surface area contributed by atoms with Crippen LogP contribution in [0.4, 0.5) is 4.39 Å². The lowest BCUT2D eigenvalue weighted by molar-refractivity contribution is -0.146. The van der Waals surface area contributed by atoms with Gasteiger partial charge < -0.3 is 10.1 Å². The molecule has 0 fully saturated rings. The summed E-state index contributed by atoms with van der Waals surface area (Å²) in [6.07, 6.45) is 0. The first kappa shape index (κ1) is 17.0. The Kier molecular flexibility index (Phi) is 5.71. The smallest absolute Gasteiger partial charge is 0.328 e. The van der Waals surface area contributed by atoms with E-state index in [-0.39, 0.29) is 18.0 Å². The van der Waals surface area contributed by atoms with E-state index in [1.807, 2.05) is 0 Å². The summed E-state index contributed by atoms with van der Waals surface area (Å²) in [4.78, 5) is 23.9. The molecule has 0 bridgehead atoms. The van der Waals surface area contributed by atoms with Gasteiger partial charge in [0.15, 0.2) is 0 Å². The van der Waals surface area contributed by atoms with Crippen LogP contribution in [0, 0.1) is 5.82 Å². The lowest BCUT2D eigenvalue weighted by Crippen LogP contribution is -2.39. The number of carbonyl (C=O) groups excluding carboxylic acids is 2. The molecule has 0 saturated carbocycles. The number of amides is 1. The highest BCUT2D eigenvalue weighted by Crippen LogP contribution is 2.14. The molecule has 0 spiro atoms. The summed E-state index contributed by atoms with van der Waals surface area (Å²) in [5, 5.41) is 2.83. The summed E-state index contributed by atoms with van der Waals surface area (Å²) in [6.45, 7) is 1.52. The Morgan fingerprint density at radius 3 is 2.48 bits per heavy atom. The summed E-state index contributed by atoms with van der Waals surface area (Å²) in [5.41, 5.74) is 0.941. The van der Waals surface area contributed by atoms with Gasteiger partial charge in [0.25, 0.3) is 5.91 Å². The number of halogens is 2. The van der Waals surface area contributed by atoms with Gasteiger partial charge in [0.2, 0.25) is 0 Å². The third-order valence-electron chi connectivity index (χ3n) is 3.11. The standard InChI is InChI=1S/C17H15ClFNO3/c1-11(20-16(21)14-4-2-3-5-15(14)18)17(22)23-10-12-6-8-13(19)9-7-12/h2-9,11H,10H2,1H3,(H,20,21)/t11-/m0/s1. The molecule has 4 nitrogen and oxygen atoms in total. The molecule has 0 heterocycles. The van der Waals surface area contributed by atoms with Crippen LogP contribution in [-0.4, -0.2) is 17.9 Å². The van der Waals surface area contributed by atoms with Gasteiger partial charge in [-0.1, -0.05) is 35.9 Å². The minimum Gasteiger partial charge on any atom is -0.459 e. The molecule has 120 valence electrons. The predicted octanol–water partition coefficient (Wildman–Crippen LogP) is 3.34. The number of carbonyl (C=O) groups is 2. The summed E-state index contributed by atoms with van der Waals surface area (Å²) in [7, 11) is 0. The molecule has 23 heavy (non-hydrogen) atoms. The minimum absolute atomic E-state index is 0.00537. The molecule has 1 amide bonds. The monoisotopic (exact) mass is 335 g/mol. The second-order valence-electron chi connectivity index (χ2n) is 4.91. The Balaban J connectivity index is 1.88. The summed E-state index contributed by atoms with van der Waals surface area (Å²) in [5.74, 6) is -1.41. The van der Waals surface area contributed by atoms with Crippen LogP contribution in [0.2, 0.25) is 5.02 Å². The van der Waals surface area contributed by atoms with E-state index in [2.05, 4.69) is 5.32 Å². The van der Waals surface area contributed by atoms with Crippen molar-refractivity contribution in [1.29, 1.82) is 0 Å². The van der Waals surface area contributed by atoms with Crippen molar-refractivity contribution in [3.8, 4) is 0 Å². The van der Waals surface area contributed by atoms with Crippen molar-refractivity contribution in [2.75, 3.05) is 0 Å². The van der Waals surface area contributed by atoms with Crippen LogP contribution < -0.4 is 5.32 Å². The maximum Gasteiger partial charge on any atom is 0.328 e. The normalized spacial score (nSPS) is 11.6. The highest BCUT2D eigenvalue weighted by molar-refractivity contribution is 6.33. The van der Waals surface area contributed by atoms with Gasteiger partial charge in [-0.05, 0) is 36.8 Å². The highest BCUT2D eigenvalue weighted by Gasteiger charge is 2.19. The first-order chi connectivity index (χ1) is 11.0. The molecule has 1 atom stereocenters. The fourth-order valence-electron chi connectivity index (χ4n) is 1.84. The van der Waals surface area contributed by atoms with Gasteiger partial charge in [-0.2, -0.15) is 0 Å². The molecular formula is C17H15ClFNO3. The van der Waals surface area contributed by atoms with E-state index in [0.717, 1.165) is 0 Å². The molecular weight excluding hydrogens is 321 g/mol. The van der Waals surface area contributed by atoms with Crippen LogP contribution in [0.5, 0.6) is 0 Å². The predicted molar refractivity (Wildman–Crippen MR) is 84.6 cm³/mol. The quantitative estimate of drug-likeness (QED) is 0.853. The average Bonchev–Trinajstić information content (AvgIpc) is 2.54. The molecule has 1 N–H and O–H groups in total. The Bertz CT molecular complexity index is 703. The van der Waals surface area contributed by atoms with Crippen molar-refractivity contribution in [1.82, 2.24) is 5.32 Å². The van der Waals surface area contributed by atoms with Gasteiger partial charge in [-0.3, -0.25) is 4.79 Å². The maximum atomic E-state index is 12.8. The van der Waals surface area contributed by atoms with Crippen LogP contribution in [0.1, 0.15) is 22.8 Å². The molecule has 0 saturated heterocycles. The summed E-state index contributed by atoms with van der Waals surface area (Å²) in [6, 6.07) is 11.3. The Morgan fingerprint density at radius 2 is 1.83 bits per heavy atom. The maximum absolute atomic E-state index is 12.8. The van der Waals surface area contributed by atoms with E-state index in [4.69, 9.17) is 16.3 Å². The number of ether oxygens (including phenoxy) is 1. The minimum atomic E-state index is -0.834. The number of esters is 1. The molecule has 2 rings (SSSR count). The molecule has 0 aliphatic carbocycles. The van der Waals surface area contributed by atoms with Gasteiger partial charge in [0.1, 0.15) is 18.5 Å². The number of benzene rings is 2. The van der Waals surface area contributed by atoms with E-state index in [1.165, 1.54) is 31.2 Å². The van der Waals surface area contributed by atoms with Crippen LogP contribution in [0.25, 0.3) is 0 Å². The van der Waals surface area contributed by atoms with Crippen LogP contribution in [0.15, 0.2) is 48.5 Å². The fraction of sp³-hybridized carbons (Fsp3) is 0.176. The SMILES string of the molecule is C[C@H](NC(=O)c1ccccc1Cl)C(=O)OCc1ccc(F)cc1. The number of rotatable bonds is 5. The molecule has 2 aromatic carbocycles. The molecule has 0 aromatic heterocycles. The summed E-state index contributed by atoms with van der Waals surface area (Å²) >= 11 is 5.93. The number of nitrogens with one attached hydrogen (secondary N) is 1. The zero-order valence-electron chi connectivity index (χ0n) is 12.4. The van der Waals surface area contributed by atoms with Crippen molar-refractivity contribution in [3.63, 3.8) is 0 Å². The molecule has 0 aliphatic heterocycles. The van der Waals surface area contributed by atoms with Crippen LogP contribution >= 0.6 is 11.6 Å². The zero-order chi connectivity index (χ0) is 16.8. The second-order valence-corrected chi connectivity index (χ2v) is 5.32. The van der Waals surface area contributed by atoms with Crippen LogP contribution in [0.3, 0.4) is 0 Å². The first-order valence-corrected chi connectivity index (χ1v) is 7.31. The second kappa shape index (κ2) is 7.74. The summed E-state index contributed by atoms with van der Waals surface area (Å²) < 4.78 is 17.9. The molecule has 2 aromatic rings. The fourth-order valence-corrected chi connectivity index (χ4v) is 2.06. The van der Waals surface area contributed by atoms with E-state index in [9.17, 15) is 14.0 Å². The Morgan fingerprint density at radius 1 is 1.17 bits per heavy atom. The Hall–Kier alpha value is -2.40. The molecule has 6 heteroatoms. The highest BCUT2D eigenvalue weighted by atomic mass is 35.5. The van der Waals surface area contributed by atoms with E-state index < -0.39 is 17.9 Å². The van der Waals surface area contributed by atoms with Crippen molar-refractivity contribution >= 4 is 23.5 Å². The Labute approximate surface area is 138 Å². The van der Waals surface area contributed by atoms with Gasteiger partial charge in [-0.15, -0.1) is 0 Å². The average molecular weight is 336 g/mol. The van der Waals surface area contributed by atoms with Gasteiger partial charge in [0, 0.05) is 0 Å². The number of hydrogen-bond donors (Lipinski definition) is 1. The van der Waals surface area contributed by atoms with Gasteiger partial charge >= 0.3 is 5.97 Å². The lowest BCUT2D eigenvalue weighted by atomic mass is 10.2. The molecule has 0 aliphatic rings. The topological polar surface area (TPSA) is 55.4 Å². The lowest BCUT2D eigenvalue weighted by Gasteiger charge is -2.14. The third kappa shape index (κ3) is 4.79. The van der Waals surface area contributed by atoms with Crippen molar-refractivity contribution < 1.29 is 18.7 Å². The number of hydrogen-bond acceptors (Lipinski definition) is 3. The van der Waals surface area contributed by atoms with Crippen molar-refractivity contribution in [2.45, 2.75) is 19.6 Å². The molecule has 0 unspecified atom stereocenters. The first-order valence-electron chi connectivity index (χ1n) is 6.94. The van der Waals surface area contributed by atoms with Gasteiger partial charge in [-0.25, -0.2) is 9.18 Å². The zero-order valence-corrected chi connectivity index (χ0v) is 13.1. The largest absolute Gasteiger partial charge is 0.459 e. The van der Waals surface area contributed by atoms with E-state index >= 15 is 0 Å². The van der Waals surface area contributed by atoms with E-state index in [0.29, 0.717) is 10.6 Å². The van der Waals surface area contributed by atoms with Crippen molar-refractivity contribution in [3.05, 3.63) is 70.5 Å². The van der Waals surface area contributed by atoms with Crippen molar-refractivity contribution in [2.24, 2.45) is 0 Å². The van der Waals surface area contributed by atoms with E-state index in [1.54, 1.807) is 24.3 Å². The third-order valence-corrected chi connectivity index (χ3v) is 3.44. The van der Waals surface area contributed by atoms with Crippen LogP contribution in [-0.2, 0) is 16.1 Å². The molecule has 0 radical (unpaired) electrons. The van der Waals surface area contributed by atoms with Gasteiger partial charge in [0.05, 0.1) is 10.6 Å².